The molecule has 3 rings (SSSR count). The van der Waals surface area contributed by atoms with E-state index in [2.05, 4.69) is 44.4 Å². The van der Waals surface area contributed by atoms with Gasteiger partial charge in [-0.25, -0.2) is 14.6 Å². The third-order valence-electron chi connectivity index (χ3n) is 3.35. The van der Waals surface area contributed by atoms with Crippen LogP contribution in [0.3, 0.4) is 0 Å². The molecule has 0 aliphatic rings. The third kappa shape index (κ3) is 2.91. The van der Waals surface area contributed by atoms with Gasteiger partial charge in [0.05, 0.1) is 12.4 Å². The number of aromatic amines is 1. The summed E-state index contributed by atoms with van der Waals surface area (Å²) in [6, 6.07) is 1.96. The van der Waals surface area contributed by atoms with Crippen LogP contribution in [0.25, 0.3) is 11.2 Å². The highest BCUT2D eigenvalue weighted by Crippen LogP contribution is 2.19. The summed E-state index contributed by atoms with van der Waals surface area (Å²) >= 11 is 0. The minimum Gasteiger partial charge on any atom is -0.396 e. The number of aliphatic hydroxyl groups excluding tert-OH is 1. The Morgan fingerprint density at radius 2 is 2.18 bits per heavy atom. The van der Waals surface area contributed by atoms with E-state index in [-0.39, 0.29) is 6.61 Å². The Labute approximate surface area is 127 Å². The van der Waals surface area contributed by atoms with Crippen molar-refractivity contribution in [1.82, 2.24) is 29.9 Å². The van der Waals surface area contributed by atoms with Crippen LogP contribution < -0.4 is 5.32 Å². The van der Waals surface area contributed by atoms with Crippen LogP contribution in [0.2, 0.25) is 0 Å². The lowest BCUT2D eigenvalue weighted by atomic mass is 10.1. The van der Waals surface area contributed by atoms with Crippen LogP contribution in [-0.2, 0) is 6.54 Å². The number of H-pyrrole nitrogens is 1. The molecule has 0 aliphatic carbocycles. The van der Waals surface area contributed by atoms with Gasteiger partial charge < -0.3 is 10.4 Å². The van der Waals surface area contributed by atoms with E-state index in [1.165, 1.54) is 0 Å². The van der Waals surface area contributed by atoms with Crippen LogP contribution in [0.5, 0.6) is 0 Å². The fourth-order valence-corrected chi connectivity index (χ4v) is 2.12. The van der Waals surface area contributed by atoms with Crippen molar-refractivity contribution in [3.63, 3.8) is 0 Å². The van der Waals surface area contributed by atoms with Crippen LogP contribution in [0.1, 0.15) is 31.9 Å². The number of fused-ring (bicyclic) bond motifs is 1. The van der Waals surface area contributed by atoms with Crippen molar-refractivity contribution in [1.29, 1.82) is 0 Å². The van der Waals surface area contributed by atoms with Gasteiger partial charge in [0.2, 0.25) is 0 Å². The van der Waals surface area contributed by atoms with Gasteiger partial charge >= 0.3 is 0 Å². The Balaban J connectivity index is 1.83. The van der Waals surface area contributed by atoms with Crippen LogP contribution in [0, 0.1) is 0 Å². The van der Waals surface area contributed by atoms with Crippen LogP contribution >= 0.6 is 0 Å². The molecule has 116 valence electrons. The van der Waals surface area contributed by atoms with E-state index in [1.807, 2.05) is 6.07 Å². The van der Waals surface area contributed by atoms with E-state index in [0.717, 1.165) is 11.2 Å². The standard InChI is InChI=1S/C14H19N7O/c1-9(2)10-6-12(20-19-10)17-13-8-15-11-7-16-21(4-3-5-22)14(11)18-13/h6-9,22H,3-5H2,1-2H3,(H2,17,18,19,20). The van der Waals surface area contributed by atoms with Gasteiger partial charge in [-0.15, -0.1) is 0 Å². The molecule has 0 radical (unpaired) electrons. The van der Waals surface area contributed by atoms with Gasteiger partial charge in [-0.2, -0.15) is 10.2 Å². The molecule has 8 nitrogen and oxygen atoms in total. The fraction of sp³-hybridized carbons (Fsp3) is 0.429. The average Bonchev–Trinajstić information content (AvgIpc) is 3.12. The Morgan fingerprint density at radius 1 is 1.32 bits per heavy atom. The summed E-state index contributed by atoms with van der Waals surface area (Å²) < 4.78 is 1.74. The van der Waals surface area contributed by atoms with Crippen molar-refractivity contribution in [2.75, 3.05) is 11.9 Å². The van der Waals surface area contributed by atoms with Gasteiger partial charge in [-0.3, -0.25) is 5.10 Å². The molecular weight excluding hydrogens is 282 g/mol. The molecule has 0 fully saturated rings. The monoisotopic (exact) mass is 301 g/mol. The maximum Gasteiger partial charge on any atom is 0.178 e. The van der Waals surface area contributed by atoms with E-state index in [0.29, 0.717) is 36.2 Å². The van der Waals surface area contributed by atoms with Crippen molar-refractivity contribution >= 4 is 22.8 Å². The molecular formula is C14H19N7O. The Bertz CT molecular complexity index is 761. The Kier molecular flexibility index (Phi) is 4.01. The second kappa shape index (κ2) is 6.10. The lowest BCUT2D eigenvalue weighted by Crippen LogP contribution is -2.04. The average molecular weight is 301 g/mol. The topological polar surface area (TPSA) is 105 Å². The van der Waals surface area contributed by atoms with Crippen molar-refractivity contribution in [2.45, 2.75) is 32.7 Å². The van der Waals surface area contributed by atoms with Crippen molar-refractivity contribution in [2.24, 2.45) is 0 Å². The molecule has 3 aromatic heterocycles. The van der Waals surface area contributed by atoms with Gasteiger partial charge in [0.15, 0.2) is 17.3 Å². The molecule has 0 atom stereocenters. The zero-order valence-corrected chi connectivity index (χ0v) is 12.6. The molecule has 0 saturated heterocycles. The predicted molar refractivity (Wildman–Crippen MR) is 83.0 cm³/mol. The third-order valence-corrected chi connectivity index (χ3v) is 3.35. The summed E-state index contributed by atoms with van der Waals surface area (Å²) in [6.07, 6.45) is 3.96. The van der Waals surface area contributed by atoms with Crippen LogP contribution in [-0.4, -0.2) is 41.7 Å². The summed E-state index contributed by atoms with van der Waals surface area (Å²) in [5.41, 5.74) is 2.48. The van der Waals surface area contributed by atoms with E-state index in [4.69, 9.17) is 5.11 Å². The summed E-state index contributed by atoms with van der Waals surface area (Å²) in [6.45, 7) is 4.93. The quantitative estimate of drug-likeness (QED) is 0.641. The number of hydrogen-bond donors (Lipinski definition) is 3. The molecule has 0 unspecified atom stereocenters. The molecule has 0 spiro atoms. The first kappa shape index (κ1) is 14.5. The smallest absolute Gasteiger partial charge is 0.178 e. The fourth-order valence-electron chi connectivity index (χ4n) is 2.12. The molecule has 0 amide bonds. The number of nitrogens with one attached hydrogen (secondary N) is 2. The number of aliphatic hydroxyl groups is 1. The minimum atomic E-state index is 0.123. The summed E-state index contributed by atoms with van der Waals surface area (Å²) in [5.74, 6) is 1.70. The first-order valence-corrected chi connectivity index (χ1v) is 7.29. The first-order valence-electron chi connectivity index (χ1n) is 7.29. The zero-order valence-electron chi connectivity index (χ0n) is 12.6. The summed E-state index contributed by atoms with van der Waals surface area (Å²) in [7, 11) is 0. The maximum atomic E-state index is 8.93. The van der Waals surface area contributed by atoms with Crippen molar-refractivity contribution in [3.8, 4) is 0 Å². The van der Waals surface area contributed by atoms with Gasteiger partial charge in [-0.05, 0) is 12.3 Å². The Morgan fingerprint density at radius 3 is 2.91 bits per heavy atom. The lowest BCUT2D eigenvalue weighted by Gasteiger charge is -2.04. The highest BCUT2D eigenvalue weighted by atomic mass is 16.3. The molecule has 0 aromatic carbocycles. The maximum absolute atomic E-state index is 8.93. The van der Waals surface area contributed by atoms with E-state index in [9.17, 15) is 0 Å². The van der Waals surface area contributed by atoms with Gasteiger partial charge in [0.25, 0.3) is 0 Å². The highest BCUT2D eigenvalue weighted by Gasteiger charge is 2.09. The van der Waals surface area contributed by atoms with Crippen molar-refractivity contribution < 1.29 is 5.11 Å². The zero-order chi connectivity index (χ0) is 15.5. The molecule has 3 aromatic rings. The molecule has 8 heteroatoms. The largest absolute Gasteiger partial charge is 0.396 e. The molecule has 0 aliphatic heterocycles. The van der Waals surface area contributed by atoms with Crippen LogP contribution in [0.4, 0.5) is 11.6 Å². The molecule has 0 saturated carbocycles. The molecule has 22 heavy (non-hydrogen) atoms. The van der Waals surface area contributed by atoms with E-state index < -0.39 is 0 Å². The van der Waals surface area contributed by atoms with Gasteiger partial charge in [0, 0.05) is 24.9 Å². The summed E-state index contributed by atoms with van der Waals surface area (Å²) in [4.78, 5) is 8.87. The first-order chi connectivity index (χ1) is 10.7. The van der Waals surface area contributed by atoms with Gasteiger partial charge in [-0.1, -0.05) is 13.8 Å². The van der Waals surface area contributed by atoms with Crippen LogP contribution in [0.15, 0.2) is 18.5 Å². The number of rotatable bonds is 6. The predicted octanol–water partition coefficient (Wildman–Crippen LogP) is 1.80. The number of aromatic nitrogens is 6. The SMILES string of the molecule is CC(C)c1cc(Nc2cnc3cnn(CCCO)c3n2)n[nH]1. The van der Waals surface area contributed by atoms with Crippen molar-refractivity contribution in [3.05, 3.63) is 24.2 Å². The molecule has 0 bridgehead atoms. The lowest BCUT2D eigenvalue weighted by molar-refractivity contribution is 0.278. The summed E-state index contributed by atoms with van der Waals surface area (Å²) in [5, 5.41) is 23.5. The molecule has 3 heterocycles. The second-order valence-corrected chi connectivity index (χ2v) is 5.40. The number of aryl methyl sites for hydroxylation is 1. The normalized spacial score (nSPS) is 11.5. The van der Waals surface area contributed by atoms with E-state index >= 15 is 0 Å². The minimum absolute atomic E-state index is 0.123. The highest BCUT2D eigenvalue weighted by molar-refractivity contribution is 5.71. The number of hydrogen-bond acceptors (Lipinski definition) is 6. The molecule has 3 N–H and O–H groups in total. The number of nitrogens with zero attached hydrogens (tertiary/aromatic N) is 5. The Hall–Kier alpha value is -2.48. The second-order valence-electron chi connectivity index (χ2n) is 5.40. The van der Waals surface area contributed by atoms with Gasteiger partial charge in [0.1, 0.15) is 5.52 Å². The van der Waals surface area contributed by atoms with E-state index in [1.54, 1.807) is 17.1 Å². The number of anilines is 2.